The van der Waals surface area contributed by atoms with E-state index < -0.39 is 6.10 Å². The highest BCUT2D eigenvalue weighted by molar-refractivity contribution is 5.83. The van der Waals surface area contributed by atoms with Gasteiger partial charge in [-0.05, 0) is 17.7 Å². The van der Waals surface area contributed by atoms with Crippen LogP contribution in [0.1, 0.15) is 18.7 Å². The number of nitrogens with zero attached hydrogens (tertiary/aromatic N) is 4. The van der Waals surface area contributed by atoms with E-state index in [1.165, 1.54) is 19.1 Å². The average Bonchev–Trinajstić information content (AvgIpc) is 2.71. The summed E-state index contributed by atoms with van der Waals surface area (Å²) in [6, 6.07) is 6.19. The first-order valence-corrected chi connectivity index (χ1v) is 9.29. The van der Waals surface area contributed by atoms with Crippen molar-refractivity contribution in [2.24, 2.45) is 0 Å². The fourth-order valence-corrected chi connectivity index (χ4v) is 3.08. The Morgan fingerprint density at radius 2 is 2.17 bits per heavy atom. The van der Waals surface area contributed by atoms with Gasteiger partial charge in [-0.25, -0.2) is 14.4 Å². The molecular formula is C20H24FN5O3. The van der Waals surface area contributed by atoms with E-state index in [2.05, 4.69) is 15.3 Å². The van der Waals surface area contributed by atoms with E-state index in [1.807, 2.05) is 14.1 Å². The van der Waals surface area contributed by atoms with Crippen LogP contribution < -0.4 is 10.2 Å². The Kier molecular flexibility index (Phi) is 6.38. The van der Waals surface area contributed by atoms with Crippen molar-refractivity contribution in [2.75, 3.05) is 45.2 Å². The number of carbonyl (C=O) groups excluding carboxylic acids is 2. The summed E-state index contributed by atoms with van der Waals surface area (Å²) >= 11 is 0. The molecular weight excluding hydrogens is 377 g/mol. The predicted molar refractivity (Wildman–Crippen MR) is 106 cm³/mol. The first kappa shape index (κ1) is 20.7. The quantitative estimate of drug-likeness (QED) is 0.815. The molecule has 1 atom stereocenters. The fraction of sp³-hybridized carbons (Fsp3) is 0.400. The zero-order valence-corrected chi connectivity index (χ0v) is 16.7. The highest BCUT2D eigenvalue weighted by Crippen LogP contribution is 2.31. The highest BCUT2D eigenvalue weighted by Gasteiger charge is 2.29. The maximum absolute atomic E-state index is 13.8. The summed E-state index contributed by atoms with van der Waals surface area (Å²) in [6.45, 7) is 2.34. The van der Waals surface area contributed by atoms with Crippen LogP contribution >= 0.6 is 0 Å². The second-order valence-corrected chi connectivity index (χ2v) is 6.98. The van der Waals surface area contributed by atoms with Crippen molar-refractivity contribution in [2.45, 2.75) is 13.0 Å². The van der Waals surface area contributed by atoms with Gasteiger partial charge in [0.1, 0.15) is 11.9 Å². The minimum absolute atomic E-state index is 0.0640. The molecule has 154 valence electrons. The number of anilines is 1. The number of benzene rings is 1. The number of morpholine rings is 1. The van der Waals surface area contributed by atoms with Crippen LogP contribution in [-0.2, 0) is 14.3 Å². The van der Waals surface area contributed by atoms with Gasteiger partial charge in [-0.1, -0.05) is 12.1 Å². The summed E-state index contributed by atoms with van der Waals surface area (Å²) in [6.07, 6.45) is 1.15. The van der Waals surface area contributed by atoms with E-state index >= 15 is 0 Å². The molecule has 2 amide bonds. The molecule has 0 spiro atoms. The van der Waals surface area contributed by atoms with E-state index in [-0.39, 0.29) is 30.7 Å². The van der Waals surface area contributed by atoms with Gasteiger partial charge in [0.15, 0.2) is 0 Å². The van der Waals surface area contributed by atoms with Gasteiger partial charge in [-0.2, -0.15) is 0 Å². The van der Waals surface area contributed by atoms with Gasteiger partial charge in [0.2, 0.25) is 17.8 Å². The molecule has 0 saturated carbocycles. The predicted octanol–water partition coefficient (Wildman–Crippen LogP) is 1.38. The third-order valence-electron chi connectivity index (χ3n) is 4.55. The van der Waals surface area contributed by atoms with Crippen molar-refractivity contribution in [3.8, 4) is 11.1 Å². The molecule has 0 aliphatic carbocycles. The number of halogens is 1. The Bertz CT molecular complexity index is 905. The molecule has 0 bridgehead atoms. The molecule has 1 N–H and O–H groups in total. The molecule has 29 heavy (non-hydrogen) atoms. The van der Waals surface area contributed by atoms with Crippen LogP contribution in [0.25, 0.3) is 11.1 Å². The van der Waals surface area contributed by atoms with Crippen LogP contribution in [0.2, 0.25) is 0 Å². The Labute approximate surface area is 168 Å². The third-order valence-corrected chi connectivity index (χ3v) is 4.55. The molecule has 2 heterocycles. The number of rotatable bonds is 5. The maximum atomic E-state index is 13.8. The number of hydrogen-bond acceptors (Lipinski definition) is 6. The van der Waals surface area contributed by atoms with Gasteiger partial charge in [-0.3, -0.25) is 9.59 Å². The summed E-state index contributed by atoms with van der Waals surface area (Å²) in [7, 11) is 3.65. The highest BCUT2D eigenvalue weighted by atomic mass is 19.1. The van der Waals surface area contributed by atoms with Crippen molar-refractivity contribution in [3.63, 3.8) is 0 Å². The number of carbonyl (C=O) groups is 2. The fourth-order valence-electron chi connectivity index (χ4n) is 3.08. The number of aromatic nitrogens is 2. The molecule has 0 radical (unpaired) electrons. The number of nitrogens with one attached hydrogen (secondary N) is 1. The van der Waals surface area contributed by atoms with Crippen LogP contribution in [0.5, 0.6) is 0 Å². The van der Waals surface area contributed by atoms with Crippen molar-refractivity contribution in [3.05, 3.63) is 42.0 Å². The molecule has 1 aliphatic heterocycles. The second-order valence-electron chi connectivity index (χ2n) is 6.98. The summed E-state index contributed by atoms with van der Waals surface area (Å²) in [5, 5.41) is 2.52. The largest absolute Gasteiger partial charge is 0.368 e. The van der Waals surface area contributed by atoms with Crippen LogP contribution in [-0.4, -0.2) is 67.0 Å². The Balaban J connectivity index is 1.92. The zero-order chi connectivity index (χ0) is 21.0. The van der Waals surface area contributed by atoms with Crippen molar-refractivity contribution < 1.29 is 18.7 Å². The second kappa shape index (κ2) is 8.95. The minimum atomic E-state index is -0.495. The number of hydrogen-bond donors (Lipinski definition) is 1. The summed E-state index contributed by atoms with van der Waals surface area (Å²) in [4.78, 5) is 35.9. The standard InChI is InChI=1S/C20H24FN5O3/c1-13(27)22-11-18(28)26-7-8-29-17(12-26)19-16(10-23-20(24-19)25(2)3)14-5-4-6-15(21)9-14/h4-6,9-10,17H,7-8,11-12H2,1-3H3,(H,22,27)/t17-/m0/s1. The van der Waals surface area contributed by atoms with E-state index in [0.29, 0.717) is 35.9 Å². The number of ether oxygens (including phenoxy) is 1. The lowest BCUT2D eigenvalue weighted by Crippen LogP contribution is -2.46. The molecule has 3 rings (SSSR count). The first-order valence-electron chi connectivity index (χ1n) is 9.29. The third kappa shape index (κ3) is 5.05. The van der Waals surface area contributed by atoms with Crippen LogP contribution in [0.4, 0.5) is 10.3 Å². The lowest BCUT2D eigenvalue weighted by molar-refractivity contribution is -0.139. The summed E-state index contributed by atoms with van der Waals surface area (Å²) < 4.78 is 19.7. The average molecular weight is 401 g/mol. The minimum Gasteiger partial charge on any atom is -0.368 e. The smallest absolute Gasteiger partial charge is 0.242 e. The maximum Gasteiger partial charge on any atom is 0.242 e. The Hall–Kier alpha value is -3.07. The van der Waals surface area contributed by atoms with E-state index in [0.717, 1.165) is 0 Å². The first-order chi connectivity index (χ1) is 13.8. The molecule has 1 aromatic heterocycles. The SMILES string of the molecule is CC(=O)NCC(=O)N1CCO[C@H](c2nc(N(C)C)ncc2-c2cccc(F)c2)C1. The van der Waals surface area contributed by atoms with Crippen molar-refractivity contribution in [1.82, 2.24) is 20.2 Å². The molecule has 1 saturated heterocycles. The number of amides is 2. The van der Waals surface area contributed by atoms with Crippen LogP contribution in [0.3, 0.4) is 0 Å². The van der Waals surface area contributed by atoms with Gasteiger partial charge in [0, 0.05) is 39.3 Å². The molecule has 2 aromatic rings. The molecule has 8 nitrogen and oxygen atoms in total. The molecule has 1 aromatic carbocycles. The lowest BCUT2D eigenvalue weighted by Gasteiger charge is -2.33. The monoisotopic (exact) mass is 401 g/mol. The lowest BCUT2D eigenvalue weighted by atomic mass is 10.0. The topological polar surface area (TPSA) is 87.7 Å². The van der Waals surface area contributed by atoms with Crippen LogP contribution in [0, 0.1) is 5.82 Å². The molecule has 9 heteroatoms. The van der Waals surface area contributed by atoms with E-state index in [4.69, 9.17) is 4.74 Å². The molecule has 0 unspecified atom stereocenters. The Morgan fingerprint density at radius 1 is 1.38 bits per heavy atom. The molecule has 1 aliphatic rings. The molecule has 1 fully saturated rings. The van der Waals surface area contributed by atoms with Crippen molar-refractivity contribution in [1.29, 1.82) is 0 Å². The van der Waals surface area contributed by atoms with Crippen LogP contribution in [0.15, 0.2) is 30.5 Å². The Morgan fingerprint density at radius 3 is 2.86 bits per heavy atom. The summed E-state index contributed by atoms with van der Waals surface area (Å²) in [5.74, 6) is -0.321. The summed E-state index contributed by atoms with van der Waals surface area (Å²) in [5.41, 5.74) is 1.87. The van der Waals surface area contributed by atoms with Gasteiger partial charge in [-0.15, -0.1) is 0 Å². The van der Waals surface area contributed by atoms with E-state index in [1.54, 1.807) is 28.1 Å². The van der Waals surface area contributed by atoms with Gasteiger partial charge in [0.05, 0.1) is 25.4 Å². The van der Waals surface area contributed by atoms with E-state index in [9.17, 15) is 14.0 Å². The zero-order valence-electron chi connectivity index (χ0n) is 16.7. The van der Waals surface area contributed by atoms with Crippen molar-refractivity contribution >= 4 is 17.8 Å². The van der Waals surface area contributed by atoms with Gasteiger partial charge < -0.3 is 19.9 Å². The van der Waals surface area contributed by atoms with Gasteiger partial charge in [0.25, 0.3) is 0 Å². The normalized spacial score (nSPS) is 16.4. The van der Waals surface area contributed by atoms with Gasteiger partial charge >= 0.3 is 0 Å².